The molecule has 0 aromatic heterocycles. The van der Waals surface area contributed by atoms with Gasteiger partial charge in [-0.1, -0.05) is 0 Å². The van der Waals surface area contributed by atoms with Gasteiger partial charge in [0.25, 0.3) is 0 Å². The van der Waals surface area contributed by atoms with Gasteiger partial charge in [0.05, 0.1) is 35.0 Å². The molecular weight excluding hydrogens is 398 g/mol. The first-order valence-electron chi connectivity index (χ1n) is 5.53. The van der Waals surface area contributed by atoms with Gasteiger partial charge < -0.3 is 0 Å². The van der Waals surface area contributed by atoms with E-state index in [-0.39, 0.29) is 26.2 Å². The van der Waals surface area contributed by atoms with Crippen molar-refractivity contribution < 1.29 is 85.5 Å². The van der Waals surface area contributed by atoms with Crippen LogP contribution < -0.4 is 41.9 Å². The molecule has 0 aliphatic carbocycles. The third-order valence-corrected chi connectivity index (χ3v) is 4.21. The Labute approximate surface area is 134 Å². The lowest BCUT2D eigenvalue weighted by Gasteiger charge is -2.47. The van der Waals surface area contributed by atoms with Gasteiger partial charge >= 0.3 is 12.1 Å². The molecule has 14 nitrogen and oxygen atoms in total. The third-order valence-electron chi connectivity index (χ3n) is 3.00. The van der Waals surface area contributed by atoms with Crippen LogP contribution in [-0.2, 0) is 12.9 Å². The van der Waals surface area contributed by atoms with E-state index >= 15 is 0 Å². The van der Waals surface area contributed by atoms with Crippen molar-refractivity contribution in [3.05, 3.63) is 0 Å². The second-order valence-electron chi connectivity index (χ2n) is 4.38. The van der Waals surface area contributed by atoms with Gasteiger partial charge in [-0.2, -0.15) is 41.9 Å². The Morgan fingerprint density at radius 3 is 1.48 bits per heavy atom. The summed E-state index contributed by atoms with van der Waals surface area (Å²) in [5.74, 6) is -3.29. The number of halogens is 3. The van der Waals surface area contributed by atoms with Crippen LogP contribution in [0.25, 0.3) is 0 Å². The summed E-state index contributed by atoms with van der Waals surface area (Å²) in [7, 11) is -16.0. The van der Waals surface area contributed by atoms with E-state index in [0.29, 0.717) is 0 Å². The maximum atomic E-state index is 10.9. The number of rotatable bonds is 6. The average molecular weight is 407 g/mol. The summed E-state index contributed by atoms with van der Waals surface area (Å²) in [6.45, 7) is -0.386. The molecule has 3 aliphatic heterocycles. The minimum Gasteiger partial charge on any atom is -0.254 e. The van der Waals surface area contributed by atoms with E-state index in [9.17, 15) is 41.9 Å². The molecule has 1 atom stereocenters. The van der Waals surface area contributed by atoms with E-state index in [4.69, 9.17) is 0 Å². The Morgan fingerprint density at radius 2 is 1.13 bits per heavy atom. The van der Waals surface area contributed by atoms with Gasteiger partial charge in [-0.05, 0) is 0 Å². The molecule has 0 saturated carbocycles. The van der Waals surface area contributed by atoms with E-state index in [2.05, 4.69) is 12.9 Å². The molecular formula is C6H9Cl3N2O12. The minimum atomic E-state index is -5.39. The Hall–Kier alpha value is 0.310. The Kier molecular flexibility index (Phi) is 5.32. The Morgan fingerprint density at radius 1 is 0.696 bits per heavy atom. The fourth-order valence-electron chi connectivity index (χ4n) is 2.33. The van der Waals surface area contributed by atoms with Crippen molar-refractivity contribution >= 4 is 0 Å². The lowest BCUT2D eigenvalue weighted by atomic mass is 10.1. The zero-order chi connectivity index (χ0) is 17.7. The smallest absolute Gasteiger partial charge is 0.254 e. The predicted molar refractivity (Wildman–Crippen MR) is 32.9 cm³/mol. The van der Waals surface area contributed by atoms with Crippen molar-refractivity contribution in [1.29, 1.82) is 0 Å². The molecule has 17 heteroatoms. The van der Waals surface area contributed by atoms with Crippen LogP contribution in [0.1, 0.15) is 0 Å². The summed E-state index contributed by atoms with van der Waals surface area (Å²) in [6.07, 6.45) is -2.32. The molecule has 3 rings (SSSR count). The third kappa shape index (κ3) is 4.91. The van der Waals surface area contributed by atoms with Crippen molar-refractivity contribution in [2.45, 2.75) is 12.1 Å². The van der Waals surface area contributed by atoms with Crippen molar-refractivity contribution in [1.82, 2.24) is 9.80 Å². The SMILES string of the molecule is [O-][Cl+3]([O-])([O-])OC1N2CCN(CC2)C1(O[Cl+3]([O-])([O-])[O-])O[Cl+3]([O-])([O-])[O-]. The summed E-state index contributed by atoms with van der Waals surface area (Å²) in [4.78, 5) is 1.70. The minimum absolute atomic E-state index is 0.0181. The fraction of sp³-hybridized carbons (Fsp3) is 1.00. The maximum Gasteiger partial charge on any atom is 0.581 e. The number of nitrogens with zero attached hydrogens (tertiary/aromatic N) is 2. The molecule has 1 unspecified atom stereocenters. The molecule has 2 bridgehead atoms. The first-order chi connectivity index (χ1) is 10.2. The molecule has 0 N–H and O–H groups in total. The van der Waals surface area contributed by atoms with Crippen LogP contribution in [0.15, 0.2) is 0 Å². The largest absolute Gasteiger partial charge is 0.581 e. The molecule has 3 heterocycles. The highest BCUT2D eigenvalue weighted by atomic mass is 35.7. The highest BCUT2D eigenvalue weighted by molar-refractivity contribution is 4.91. The second-order valence-corrected chi connectivity index (χ2v) is 7.14. The average Bonchev–Trinajstić information content (AvgIpc) is 2.29. The molecule has 0 amide bonds. The van der Waals surface area contributed by atoms with Gasteiger partial charge in [0, 0.05) is 26.2 Å². The Balaban J connectivity index is 2.44. The summed E-state index contributed by atoms with van der Waals surface area (Å²) >= 11 is 0. The van der Waals surface area contributed by atoms with Gasteiger partial charge in [0.15, 0.2) is 0 Å². The van der Waals surface area contributed by atoms with Crippen LogP contribution >= 0.6 is 0 Å². The fourth-order valence-corrected chi connectivity index (χ4v) is 3.74. The van der Waals surface area contributed by atoms with Crippen molar-refractivity contribution in [2.75, 3.05) is 26.2 Å². The van der Waals surface area contributed by atoms with Gasteiger partial charge in [-0.25, -0.2) is 4.90 Å². The lowest BCUT2D eigenvalue weighted by molar-refractivity contribution is -1.94. The van der Waals surface area contributed by atoms with Gasteiger partial charge in [-0.15, -0.1) is 0 Å². The van der Waals surface area contributed by atoms with E-state index in [1.165, 1.54) is 0 Å². The summed E-state index contributed by atoms with van der Waals surface area (Å²) in [5, 5.41) is 0. The first-order valence-corrected chi connectivity index (χ1v) is 9.23. The molecule has 3 saturated heterocycles. The summed E-state index contributed by atoms with van der Waals surface area (Å²) in [5.41, 5.74) is 0. The summed E-state index contributed by atoms with van der Waals surface area (Å²) < 4.78 is 109. The molecule has 0 aromatic carbocycles. The second kappa shape index (κ2) is 6.24. The molecule has 0 radical (unpaired) electrons. The van der Waals surface area contributed by atoms with Crippen LogP contribution in [0, 0.1) is 30.7 Å². The zero-order valence-electron chi connectivity index (χ0n) is 10.8. The first kappa shape index (κ1) is 19.6. The number of hydrogen-bond acceptors (Lipinski definition) is 14. The highest BCUT2D eigenvalue weighted by Crippen LogP contribution is 2.38. The van der Waals surface area contributed by atoms with Crippen LogP contribution in [0.3, 0.4) is 0 Å². The van der Waals surface area contributed by atoms with Crippen molar-refractivity contribution in [2.24, 2.45) is 0 Å². The van der Waals surface area contributed by atoms with Gasteiger partial charge in [-0.3, -0.25) is 4.90 Å². The molecule has 0 spiro atoms. The standard InChI is InChI=1S/C6H9Cl3N2O12/c12-7(13,14)21-5-6(22-8(15,16)17,23-9(18,19)20)11-3-1-10(5)2-4-11/h5H,1-4H2. The van der Waals surface area contributed by atoms with E-state index in [1.54, 1.807) is 0 Å². The Bertz CT molecular complexity index is 410. The number of hydrogen-bond donors (Lipinski definition) is 0. The maximum absolute atomic E-state index is 10.9. The molecule has 23 heavy (non-hydrogen) atoms. The predicted octanol–water partition coefficient (Wildman–Crippen LogP) is -11.7. The molecule has 3 fully saturated rings. The molecule has 3 aliphatic rings. The van der Waals surface area contributed by atoms with E-state index in [1.807, 2.05) is 0 Å². The number of fused-ring (bicyclic) bond motifs is 3. The van der Waals surface area contributed by atoms with Crippen LogP contribution in [0.2, 0.25) is 0 Å². The van der Waals surface area contributed by atoms with Crippen LogP contribution in [0.5, 0.6) is 0 Å². The molecule has 0 aromatic rings. The van der Waals surface area contributed by atoms with E-state index < -0.39 is 42.9 Å². The topological polar surface area (TPSA) is 242 Å². The normalized spacial score (nSPS) is 31.4. The van der Waals surface area contributed by atoms with Crippen molar-refractivity contribution in [3.8, 4) is 0 Å². The van der Waals surface area contributed by atoms with Gasteiger partial charge in [0.1, 0.15) is 8.58 Å². The van der Waals surface area contributed by atoms with Crippen LogP contribution in [-0.4, -0.2) is 48.1 Å². The van der Waals surface area contributed by atoms with E-state index in [0.717, 1.165) is 9.80 Å². The zero-order valence-corrected chi connectivity index (χ0v) is 13.1. The number of piperazine rings is 3. The summed E-state index contributed by atoms with van der Waals surface area (Å²) in [6, 6.07) is 0. The molecule has 136 valence electrons. The monoisotopic (exact) mass is 406 g/mol. The van der Waals surface area contributed by atoms with Gasteiger partial charge in [0.2, 0.25) is 0 Å². The van der Waals surface area contributed by atoms with Crippen LogP contribution in [0.4, 0.5) is 0 Å². The van der Waals surface area contributed by atoms with Crippen molar-refractivity contribution in [3.63, 3.8) is 0 Å². The highest BCUT2D eigenvalue weighted by Gasteiger charge is 2.80. The quantitative estimate of drug-likeness (QED) is 0.371. The lowest BCUT2D eigenvalue weighted by Crippen LogP contribution is -2.84.